The van der Waals surface area contributed by atoms with Gasteiger partial charge in [0, 0.05) is 6.42 Å². The highest BCUT2D eigenvalue weighted by molar-refractivity contribution is 7.52. The molecule has 0 bridgehead atoms. The van der Waals surface area contributed by atoms with Crippen LogP contribution in [0.15, 0.2) is 0 Å². The summed E-state index contributed by atoms with van der Waals surface area (Å²) in [5.41, 5.74) is 0.884. The van der Waals surface area contributed by atoms with E-state index in [1.165, 1.54) is 0 Å². The molecule has 0 aliphatic carbocycles. The predicted molar refractivity (Wildman–Crippen MR) is 26.3 cm³/mol. The first-order valence-corrected chi connectivity index (χ1v) is 3.80. The van der Waals surface area contributed by atoms with Crippen LogP contribution in [-0.2, 0) is 4.74 Å². The molecule has 2 heterocycles. The molecule has 2 aliphatic heterocycles. The quantitative estimate of drug-likeness (QED) is 0.321. The van der Waals surface area contributed by atoms with E-state index in [1.807, 2.05) is 0 Å². The van der Waals surface area contributed by atoms with Gasteiger partial charge in [-0.05, 0) is 0 Å². The lowest BCUT2D eigenvalue weighted by Crippen LogP contribution is -1.90. The average molecular weight is 116 g/mol. The van der Waals surface area contributed by atoms with Gasteiger partial charge in [-0.2, -0.15) is 0 Å². The van der Waals surface area contributed by atoms with Crippen LogP contribution in [0.4, 0.5) is 0 Å². The number of ether oxygens (including phenoxy) is 1. The summed E-state index contributed by atoms with van der Waals surface area (Å²) in [5.74, 6) is 0. The third-order valence-electron chi connectivity index (χ3n) is 1.32. The molecule has 38 valence electrons. The minimum absolute atomic E-state index is 0.323. The van der Waals surface area contributed by atoms with Crippen LogP contribution in [0.2, 0.25) is 0 Å². The van der Waals surface area contributed by atoms with Gasteiger partial charge in [-0.25, -0.2) is 0 Å². The molecular weight excluding hydrogens is 111 g/mol. The Morgan fingerprint density at radius 1 is 1.86 bits per heavy atom. The van der Waals surface area contributed by atoms with E-state index in [9.17, 15) is 4.89 Å². The van der Waals surface area contributed by atoms with Crippen LogP contribution < -0.4 is 4.89 Å². The summed E-state index contributed by atoms with van der Waals surface area (Å²) in [7, 11) is -1.01. The van der Waals surface area contributed by atoms with Crippen LogP contribution in [0.3, 0.4) is 0 Å². The van der Waals surface area contributed by atoms with Crippen molar-refractivity contribution in [3.8, 4) is 0 Å². The number of fused-ring (bicyclic) bond motifs is 1. The first-order valence-electron chi connectivity index (χ1n) is 2.36. The summed E-state index contributed by atoms with van der Waals surface area (Å²) in [6.07, 6.45) is 2.20. The van der Waals surface area contributed by atoms with Gasteiger partial charge in [0.2, 0.25) is 0 Å². The van der Waals surface area contributed by atoms with E-state index in [0.717, 1.165) is 18.1 Å². The zero-order valence-electron chi connectivity index (χ0n) is 3.76. The van der Waals surface area contributed by atoms with Gasteiger partial charge in [-0.3, -0.25) is 4.74 Å². The second-order valence-electron chi connectivity index (χ2n) is 1.84. The Hall–Kier alpha value is 0.0900. The largest absolute Gasteiger partial charge is 0.629 e. The molecule has 2 rings (SSSR count). The molecule has 7 heavy (non-hydrogen) atoms. The minimum Gasteiger partial charge on any atom is -0.629 e. The van der Waals surface area contributed by atoms with Crippen molar-refractivity contribution in [2.75, 3.05) is 6.16 Å². The van der Waals surface area contributed by atoms with Crippen molar-refractivity contribution in [2.24, 2.45) is 0 Å². The molecule has 1 fully saturated rings. The highest BCUT2D eigenvalue weighted by Crippen LogP contribution is 2.39. The van der Waals surface area contributed by atoms with Crippen LogP contribution in [0.25, 0.3) is 0 Å². The molecule has 2 unspecified atom stereocenters. The van der Waals surface area contributed by atoms with Crippen LogP contribution in [0, 0.1) is 0 Å². The molecule has 2 atom stereocenters. The predicted octanol–water partition coefficient (Wildman–Crippen LogP) is -0.324. The number of epoxide rings is 1. The fourth-order valence-corrected chi connectivity index (χ4v) is 2.24. The summed E-state index contributed by atoms with van der Waals surface area (Å²) in [5, 5.41) is 0. The smallest absolute Gasteiger partial charge is 0.251 e. The monoisotopic (exact) mass is 116 g/mol. The number of hydrogen-bond donors (Lipinski definition) is 0. The SMILES string of the molecule is [O-][P+]1=C2OC2CC1. The Balaban J connectivity index is 2.36. The van der Waals surface area contributed by atoms with Gasteiger partial charge in [0.15, 0.2) is 6.10 Å². The second kappa shape index (κ2) is 1.08. The first kappa shape index (κ1) is 4.02. The Morgan fingerprint density at radius 2 is 2.71 bits per heavy atom. The lowest BCUT2D eigenvalue weighted by atomic mass is 10.4. The Bertz CT molecular complexity index is 141. The topological polar surface area (TPSA) is 35.6 Å². The molecule has 0 saturated carbocycles. The standard InChI is InChI=1S/C4H5O2P/c5-7-2-1-3-4(7)6-3/h3H,1-2H2. The van der Waals surface area contributed by atoms with Gasteiger partial charge in [-0.1, -0.05) is 0 Å². The maximum Gasteiger partial charge on any atom is 0.251 e. The van der Waals surface area contributed by atoms with Crippen LogP contribution >= 0.6 is 7.77 Å². The van der Waals surface area contributed by atoms with E-state index in [1.54, 1.807) is 0 Å². The molecule has 2 nitrogen and oxygen atoms in total. The molecule has 0 aromatic heterocycles. The Morgan fingerprint density at radius 3 is 2.86 bits per heavy atom. The molecule has 0 amide bonds. The molecule has 0 aromatic carbocycles. The first-order chi connectivity index (χ1) is 3.38. The van der Waals surface area contributed by atoms with Gasteiger partial charge in [0.1, 0.15) is 6.16 Å². The van der Waals surface area contributed by atoms with Gasteiger partial charge < -0.3 is 4.89 Å². The minimum atomic E-state index is -1.01. The van der Waals surface area contributed by atoms with Gasteiger partial charge in [0.25, 0.3) is 5.48 Å². The normalized spacial score (nSPS) is 41.6. The zero-order chi connectivity index (χ0) is 4.85. The maximum absolute atomic E-state index is 10.6. The molecule has 1 saturated heterocycles. The molecule has 2 aliphatic rings. The van der Waals surface area contributed by atoms with Gasteiger partial charge >= 0.3 is 0 Å². The number of hydrogen-bond acceptors (Lipinski definition) is 2. The molecule has 0 spiro atoms. The van der Waals surface area contributed by atoms with Crippen molar-refractivity contribution in [1.29, 1.82) is 0 Å². The zero-order valence-corrected chi connectivity index (χ0v) is 4.65. The van der Waals surface area contributed by atoms with E-state index in [2.05, 4.69) is 0 Å². The maximum atomic E-state index is 10.6. The van der Waals surface area contributed by atoms with Gasteiger partial charge in [0.05, 0.1) is 7.77 Å². The van der Waals surface area contributed by atoms with Crippen molar-refractivity contribution < 1.29 is 9.63 Å². The van der Waals surface area contributed by atoms with Crippen molar-refractivity contribution in [1.82, 2.24) is 0 Å². The lowest BCUT2D eigenvalue weighted by Gasteiger charge is -1.85. The summed E-state index contributed by atoms with van der Waals surface area (Å²) >= 11 is 0. The van der Waals surface area contributed by atoms with Crippen molar-refractivity contribution >= 4 is 13.3 Å². The van der Waals surface area contributed by atoms with Crippen LogP contribution in [-0.4, -0.2) is 17.7 Å². The highest BCUT2D eigenvalue weighted by Gasteiger charge is 2.46. The van der Waals surface area contributed by atoms with Crippen LogP contribution in [0.5, 0.6) is 0 Å². The summed E-state index contributed by atoms with van der Waals surface area (Å²) < 4.78 is 4.90. The second-order valence-corrected chi connectivity index (χ2v) is 3.48. The van der Waals surface area contributed by atoms with Gasteiger partial charge in [-0.15, -0.1) is 0 Å². The molecule has 0 radical (unpaired) electrons. The Labute approximate surface area is 42.6 Å². The van der Waals surface area contributed by atoms with E-state index in [0.29, 0.717) is 6.10 Å². The molecule has 0 N–H and O–H groups in total. The molecular formula is C4H5O2P. The molecule has 3 heteroatoms. The molecule has 0 aromatic rings. The third-order valence-corrected chi connectivity index (χ3v) is 2.87. The highest BCUT2D eigenvalue weighted by atomic mass is 31.1. The van der Waals surface area contributed by atoms with E-state index >= 15 is 0 Å². The third kappa shape index (κ3) is 0.447. The summed E-state index contributed by atoms with van der Waals surface area (Å²) in [4.78, 5) is 10.6. The summed E-state index contributed by atoms with van der Waals surface area (Å²) in [6, 6.07) is 0. The lowest BCUT2D eigenvalue weighted by molar-refractivity contribution is -0.152. The van der Waals surface area contributed by atoms with E-state index < -0.39 is 7.77 Å². The fraction of sp³-hybridized carbons (Fsp3) is 0.750. The van der Waals surface area contributed by atoms with Crippen molar-refractivity contribution in [3.63, 3.8) is 0 Å². The van der Waals surface area contributed by atoms with E-state index in [4.69, 9.17) is 4.74 Å². The van der Waals surface area contributed by atoms with Crippen LogP contribution in [0.1, 0.15) is 6.42 Å². The van der Waals surface area contributed by atoms with E-state index in [-0.39, 0.29) is 0 Å². The fourth-order valence-electron chi connectivity index (χ4n) is 0.858. The van der Waals surface area contributed by atoms with Crippen molar-refractivity contribution in [2.45, 2.75) is 12.5 Å². The Kier molecular flexibility index (Phi) is 0.620. The average Bonchev–Trinajstić information content (AvgIpc) is 2.33. The van der Waals surface area contributed by atoms with Crippen molar-refractivity contribution in [3.05, 3.63) is 0 Å². The number of rotatable bonds is 0. The summed E-state index contributed by atoms with van der Waals surface area (Å²) in [6.45, 7) is 0.